The van der Waals surface area contributed by atoms with E-state index in [4.69, 9.17) is 0 Å². The van der Waals surface area contributed by atoms with Crippen LogP contribution in [0.1, 0.15) is 30.4 Å². The quantitative estimate of drug-likeness (QED) is 0.820. The predicted octanol–water partition coefficient (Wildman–Crippen LogP) is 3.31. The highest BCUT2D eigenvalue weighted by molar-refractivity contribution is 5.25. The largest absolute Gasteiger partial charge is 0.416 e. The van der Waals surface area contributed by atoms with Crippen molar-refractivity contribution in [3.05, 3.63) is 35.4 Å². The van der Waals surface area contributed by atoms with Crippen LogP contribution in [0, 0.1) is 0 Å². The molecule has 0 aromatic heterocycles. The molecule has 1 atom stereocenters. The third-order valence-corrected chi connectivity index (χ3v) is 5.71. The first-order valence-corrected chi connectivity index (χ1v) is 9.12. The number of alkyl halides is 3. The molecule has 140 valence electrons. The Balaban J connectivity index is 1.55. The van der Waals surface area contributed by atoms with Gasteiger partial charge in [-0.05, 0) is 58.1 Å². The molecule has 0 aliphatic carbocycles. The average Bonchev–Trinajstić information content (AvgIpc) is 3.05. The molecule has 0 radical (unpaired) electrons. The summed E-state index contributed by atoms with van der Waals surface area (Å²) in [6.07, 6.45) is -0.726. The summed E-state index contributed by atoms with van der Waals surface area (Å²) in [5.41, 5.74) is 0.174. The van der Waals surface area contributed by atoms with E-state index >= 15 is 0 Å². The maximum Gasteiger partial charge on any atom is 0.416 e. The zero-order chi connectivity index (χ0) is 18.0. The van der Waals surface area contributed by atoms with E-state index in [1.807, 2.05) is 7.05 Å². The number of likely N-dealkylation sites (tertiary alicyclic amines) is 2. The smallest absolute Gasteiger partial charge is 0.306 e. The number of nitrogens with zero attached hydrogens (tertiary/aromatic N) is 3. The first kappa shape index (κ1) is 18.7. The van der Waals surface area contributed by atoms with Gasteiger partial charge in [0.05, 0.1) is 5.56 Å². The second-order valence-corrected chi connectivity index (χ2v) is 7.59. The average molecular weight is 355 g/mol. The van der Waals surface area contributed by atoms with E-state index < -0.39 is 11.7 Å². The highest BCUT2D eigenvalue weighted by atomic mass is 19.4. The Morgan fingerprint density at radius 3 is 2.52 bits per heavy atom. The summed E-state index contributed by atoms with van der Waals surface area (Å²) >= 11 is 0. The van der Waals surface area contributed by atoms with Gasteiger partial charge in [0.2, 0.25) is 0 Å². The monoisotopic (exact) mass is 355 g/mol. The van der Waals surface area contributed by atoms with Gasteiger partial charge < -0.3 is 4.90 Å². The van der Waals surface area contributed by atoms with E-state index in [1.165, 1.54) is 25.0 Å². The van der Waals surface area contributed by atoms with Crippen LogP contribution in [0.5, 0.6) is 0 Å². The molecule has 2 aliphatic rings. The van der Waals surface area contributed by atoms with Gasteiger partial charge in [0.15, 0.2) is 0 Å². The van der Waals surface area contributed by atoms with E-state index in [2.05, 4.69) is 21.7 Å². The first-order valence-electron chi connectivity index (χ1n) is 9.12. The van der Waals surface area contributed by atoms with Crippen LogP contribution in [0.2, 0.25) is 0 Å². The summed E-state index contributed by atoms with van der Waals surface area (Å²) in [5, 5.41) is 0. The van der Waals surface area contributed by atoms with Crippen molar-refractivity contribution in [1.82, 2.24) is 14.7 Å². The minimum Gasteiger partial charge on any atom is -0.306 e. The molecule has 2 fully saturated rings. The van der Waals surface area contributed by atoms with Gasteiger partial charge in [-0.25, -0.2) is 0 Å². The maximum atomic E-state index is 12.9. The molecule has 3 rings (SSSR count). The number of benzene rings is 1. The summed E-state index contributed by atoms with van der Waals surface area (Å²) in [7, 11) is 4.20. The molecule has 1 aromatic rings. The maximum absolute atomic E-state index is 12.9. The molecule has 2 heterocycles. The van der Waals surface area contributed by atoms with Crippen LogP contribution in [0.25, 0.3) is 0 Å². The van der Waals surface area contributed by atoms with Crippen LogP contribution in [0.15, 0.2) is 24.3 Å². The number of piperidine rings is 1. The second kappa shape index (κ2) is 7.64. The fraction of sp³-hybridized carbons (Fsp3) is 0.684. The fourth-order valence-corrected chi connectivity index (χ4v) is 4.08. The molecule has 3 nitrogen and oxygen atoms in total. The molecular formula is C19H28F3N3. The fourth-order valence-electron chi connectivity index (χ4n) is 4.08. The Morgan fingerprint density at radius 1 is 1.12 bits per heavy atom. The van der Waals surface area contributed by atoms with E-state index in [0.29, 0.717) is 18.6 Å². The molecule has 2 aliphatic heterocycles. The van der Waals surface area contributed by atoms with E-state index in [-0.39, 0.29) is 0 Å². The third kappa shape index (κ3) is 4.74. The van der Waals surface area contributed by atoms with Crippen LogP contribution >= 0.6 is 0 Å². The SMILES string of the molecule is CN1CCC(N2CCC(N(C)Cc3cccc(C(F)(F)F)c3)C2)CC1. The minimum absolute atomic E-state index is 0.425. The highest BCUT2D eigenvalue weighted by Gasteiger charge is 2.33. The number of hydrogen-bond donors (Lipinski definition) is 0. The number of hydrogen-bond acceptors (Lipinski definition) is 3. The lowest BCUT2D eigenvalue weighted by Crippen LogP contribution is -2.44. The summed E-state index contributed by atoms with van der Waals surface area (Å²) < 4.78 is 38.6. The van der Waals surface area contributed by atoms with Crippen molar-refractivity contribution in [2.24, 2.45) is 0 Å². The molecule has 6 heteroatoms. The van der Waals surface area contributed by atoms with Crippen molar-refractivity contribution in [2.75, 3.05) is 40.3 Å². The third-order valence-electron chi connectivity index (χ3n) is 5.71. The summed E-state index contributed by atoms with van der Waals surface area (Å²) in [5.74, 6) is 0. The summed E-state index contributed by atoms with van der Waals surface area (Å²) in [4.78, 5) is 7.18. The van der Waals surface area contributed by atoms with Gasteiger partial charge in [0.25, 0.3) is 0 Å². The van der Waals surface area contributed by atoms with Crippen LogP contribution in [-0.4, -0.2) is 67.1 Å². The Bertz CT molecular complexity index is 567. The van der Waals surface area contributed by atoms with E-state index in [0.717, 1.165) is 44.2 Å². The summed E-state index contributed by atoms with van der Waals surface area (Å²) in [6.45, 7) is 5.02. The van der Waals surface area contributed by atoms with Gasteiger partial charge in [0.1, 0.15) is 0 Å². The first-order chi connectivity index (χ1) is 11.8. The topological polar surface area (TPSA) is 9.72 Å². The lowest BCUT2D eigenvalue weighted by Gasteiger charge is -2.35. The number of halogens is 3. The molecule has 1 unspecified atom stereocenters. The Labute approximate surface area is 148 Å². The van der Waals surface area contributed by atoms with Gasteiger partial charge in [-0.2, -0.15) is 13.2 Å². The molecule has 1 aromatic carbocycles. The van der Waals surface area contributed by atoms with Crippen molar-refractivity contribution in [2.45, 2.75) is 44.1 Å². The van der Waals surface area contributed by atoms with Gasteiger partial charge in [-0.3, -0.25) is 9.80 Å². The van der Waals surface area contributed by atoms with Crippen molar-refractivity contribution >= 4 is 0 Å². The zero-order valence-corrected chi connectivity index (χ0v) is 15.1. The van der Waals surface area contributed by atoms with Gasteiger partial charge in [-0.15, -0.1) is 0 Å². The molecule has 0 saturated carbocycles. The second-order valence-electron chi connectivity index (χ2n) is 7.59. The van der Waals surface area contributed by atoms with Crippen LogP contribution in [0.4, 0.5) is 13.2 Å². The molecule has 0 amide bonds. The van der Waals surface area contributed by atoms with Gasteiger partial charge in [-0.1, -0.05) is 18.2 Å². The molecular weight excluding hydrogens is 327 g/mol. The molecule has 25 heavy (non-hydrogen) atoms. The van der Waals surface area contributed by atoms with Gasteiger partial charge in [0, 0.05) is 31.7 Å². The molecule has 2 saturated heterocycles. The van der Waals surface area contributed by atoms with Gasteiger partial charge >= 0.3 is 6.18 Å². The Morgan fingerprint density at radius 2 is 1.84 bits per heavy atom. The number of rotatable bonds is 4. The van der Waals surface area contributed by atoms with Crippen molar-refractivity contribution in [1.29, 1.82) is 0 Å². The zero-order valence-electron chi connectivity index (χ0n) is 15.1. The lowest BCUT2D eigenvalue weighted by atomic mass is 10.0. The van der Waals surface area contributed by atoms with Crippen LogP contribution in [0.3, 0.4) is 0 Å². The molecule has 0 spiro atoms. The normalized spacial score (nSPS) is 24.3. The van der Waals surface area contributed by atoms with Crippen LogP contribution < -0.4 is 0 Å². The van der Waals surface area contributed by atoms with E-state index in [9.17, 15) is 13.2 Å². The Kier molecular flexibility index (Phi) is 5.71. The molecule has 0 N–H and O–H groups in total. The van der Waals surface area contributed by atoms with Crippen LogP contribution in [-0.2, 0) is 12.7 Å². The minimum atomic E-state index is -4.27. The Hall–Kier alpha value is -1.11. The molecule has 0 bridgehead atoms. The van der Waals surface area contributed by atoms with Crippen molar-refractivity contribution in [3.8, 4) is 0 Å². The van der Waals surface area contributed by atoms with Crippen molar-refractivity contribution in [3.63, 3.8) is 0 Å². The number of likely N-dealkylation sites (N-methyl/N-ethyl adjacent to an activating group) is 1. The predicted molar refractivity (Wildman–Crippen MR) is 93.4 cm³/mol. The standard InChI is InChI=1S/C19H28F3N3/c1-23-9-6-17(7-10-23)25-11-8-18(14-25)24(2)13-15-4-3-5-16(12-15)19(20,21)22/h3-5,12,17-18H,6-11,13-14H2,1-2H3. The summed E-state index contributed by atoms with van der Waals surface area (Å²) in [6, 6.07) is 6.81. The highest BCUT2D eigenvalue weighted by Crippen LogP contribution is 2.30. The van der Waals surface area contributed by atoms with E-state index in [1.54, 1.807) is 6.07 Å². The van der Waals surface area contributed by atoms with Crippen molar-refractivity contribution < 1.29 is 13.2 Å². The lowest BCUT2D eigenvalue weighted by molar-refractivity contribution is -0.137.